The summed E-state index contributed by atoms with van der Waals surface area (Å²) >= 11 is 15.7. The van der Waals surface area contributed by atoms with Crippen molar-refractivity contribution in [2.75, 3.05) is 40.1 Å². The zero-order valence-corrected chi connectivity index (χ0v) is 41.2. The molecule has 0 radical (unpaired) electrons. The van der Waals surface area contributed by atoms with E-state index in [1.54, 1.807) is 11.6 Å². The average molecular weight is 902 g/mol. The number of allylic oxidation sites excluding steroid dienone is 2. The summed E-state index contributed by atoms with van der Waals surface area (Å²) in [4.78, 5) is 4.54. The Labute approximate surface area is 395 Å². The van der Waals surface area contributed by atoms with Crippen molar-refractivity contribution < 1.29 is 0 Å². The summed E-state index contributed by atoms with van der Waals surface area (Å²) in [6, 6.07) is 44.9. The lowest BCUT2D eigenvalue weighted by molar-refractivity contribution is 0.365. The van der Waals surface area contributed by atoms with Gasteiger partial charge in [-0.15, -0.1) is 23.9 Å². The van der Waals surface area contributed by atoms with E-state index in [2.05, 4.69) is 201 Å². The van der Waals surface area contributed by atoms with E-state index in [1.165, 1.54) is 54.5 Å². The van der Waals surface area contributed by atoms with Gasteiger partial charge >= 0.3 is 0 Å². The summed E-state index contributed by atoms with van der Waals surface area (Å²) in [5, 5.41) is 11.1. The van der Waals surface area contributed by atoms with Crippen LogP contribution in [0.25, 0.3) is 32.3 Å². The van der Waals surface area contributed by atoms with Gasteiger partial charge in [0.2, 0.25) is 0 Å². The van der Waals surface area contributed by atoms with Crippen molar-refractivity contribution in [3.8, 4) is 24.2 Å². The number of hydrogen-bond donors (Lipinski definition) is 1. The van der Waals surface area contributed by atoms with Gasteiger partial charge < -0.3 is 5.32 Å². The molecule has 332 valence electrons. The molecule has 0 saturated heterocycles. The number of nitrogens with one attached hydrogen (secondary N) is 1. The van der Waals surface area contributed by atoms with Gasteiger partial charge in [0.1, 0.15) is 0 Å². The molecule has 0 aliphatic rings. The van der Waals surface area contributed by atoms with Gasteiger partial charge in [-0.25, -0.2) is 0 Å². The Morgan fingerprint density at radius 3 is 1.30 bits per heavy atom. The van der Waals surface area contributed by atoms with Crippen molar-refractivity contribution in [1.29, 1.82) is 0 Å². The average Bonchev–Trinajstić information content (AvgIpc) is 3.27. The first kappa shape index (κ1) is 54.3. The van der Waals surface area contributed by atoms with Crippen LogP contribution < -0.4 is 5.32 Å². The van der Waals surface area contributed by atoms with Crippen LogP contribution in [0.2, 0.25) is 0 Å². The fraction of sp³-hybridized carbons (Fsp3) is 0.298. The number of benzene rings is 6. The van der Waals surface area contributed by atoms with Crippen LogP contribution in [0, 0.1) is 35.0 Å². The number of halogens is 3. The Hall–Kier alpha value is -4.81. The molecule has 0 amide bonds. The topological polar surface area (TPSA) is 18.5 Å². The van der Waals surface area contributed by atoms with Gasteiger partial charge in [-0.05, 0) is 118 Å². The molecule has 0 aromatic heterocycles. The number of alkyl halides is 1. The summed E-state index contributed by atoms with van der Waals surface area (Å²) in [5.74, 6) is 9.44. The van der Waals surface area contributed by atoms with E-state index in [-0.39, 0.29) is 10.8 Å². The lowest BCUT2D eigenvalue weighted by atomic mass is 9.98. The first-order valence-electron chi connectivity index (χ1n) is 21.3. The first-order chi connectivity index (χ1) is 30.2. The third-order valence-corrected chi connectivity index (χ3v) is 9.60. The van der Waals surface area contributed by atoms with E-state index in [0.29, 0.717) is 5.88 Å². The summed E-state index contributed by atoms with van der Waals surface area (Å²) < 4.78 is 0. The highest BCUT2D eigenvalue weighted by atomic mass is 35.5. The van der Waals surface area contributed by atoms with E-state index in [0.717, 1.165) is 32.7 Å². The molecule has 0 saturated carbocycles. The van der Waals surface area contributed by atoms with Gasteiger partial charge in [-0.1, -0.05) is 181 Å². The number of rotatable bonds is 11. The smallest absolute Gasteiger partial charge is 0.0415 e. The van der Waals surface area contributed by atoms with Gasteiger partial charge in [-0.3, -0.25) is 9.80 Å². The predicted molar refractivity (Wildman–Crippen MR) is 283 cm³/mol. The molecule has 63 heavy (non-hydrogen) atoms. The van der Waals surface area contributed by atoms with Crippen LogP contribution in [0.3, 0.4) is 0 Å². The second-order valence-corrected chi connectivity index (χ2v) is 17.8. The monoisotopic (exact) mass is 899 g/mol. The van der Waals surface area contributed by atoms with Gasteiger partial charge in [0.05, 0.1) is 0 Å². The minimum Gasteiger partial charge on any atom is -0.316 e. The largest absolute Gasteiger partial charge is 0.316 e. The van der Waals surface area contributed by atoms with E-state index >= 15 is 0 Å². The normalized spacial score (nSPS) is 11.3. The molecule has 0 unspecified atom stereocenters. The predicted octanol–water partition coefficient (Wildman–Crippen LogP) is 15.1. The highest BCUT2D eigenvalue weighted by Gasteiger charge is 2.05. The zero-order valence-electron chi connectivity index (χ0n) is 38.9. The summed E-state index contributed by atoms with van der Waals surface area (Å²) in [6.45, 7) is 17.0. The van der Waals surface area contributed by atoms with Crippen LogP contribution >= 0.6 is 34.8 Å². The molecule has 0 fully saturated rings. The van der Waals surface area contributed by atoms with E-state index in [4.69, 9.17) is 41.2 Å². The quantitative estimate of drug-likeness (QED) is 0.103. The molecule has 6 aromatic rings. The number of nitrogens with zero attached hydrogens (tertiary/aromatic N) is 2. The maximum absolute atomic E-state index is 5.54. The third-order valence-electron chi connectivity index (χ3n) is 9.07. The third kappa shape index (κ3) is 22.9. The molecule has 6 heteroatoms. The second-order valence-electron chi connectivity index (χ2n) is 17.0. The Bertz CT molecular complexity index is 2400. The summed E-state index contributed by atoms with van der Waals surface area (Å²) in [5.41, 5.74) is 7.19. The van der Waals surface area contributed by atoms with Crippen molar-refractivity contribution in [3.05, 3.63) is 179 Å². The van der Waals surface area contributed by atoms with E-state index in [9.17, 15) is 0 Å². The Kier molecular flexibility index (Phi) is 26.1. The molecule has 0 spiro atoms. The molecule has 3 nitrogen and oxygen atoms in total. The summed E-state index contributed by atoms with van der Waals surface area (Å²) in [7, 11) is 6.21. The maximum Gasteiger partial charge on any atom is 0.0415 e. The van der Waals surface area contributed by atoms with Crippen molar-refractivity contribution >= 4 is 67.1 Å². The van der Waals surface area contributed by atoms with Crippen molar-refractivity contribution in [2.45, 2.75) is 61.2 Å². The molecule has 0 aliphatic heterocycles. The Balaban J connectivity index is 0.000000296. The number of terminal acetylenes is 1. The molecule has 0 atom stereocenters. The van der Waals surface area contributed by atoms with Crippen molar-refractivity contribution in [3.63, 3.8) is 0 Å². The SMILES string of the molecule is C#CC(C)(C)C.CN(C/C=C/C#CC(C)(C)C)Cc1cccc2ccccc12.CN(C/C=C/Cl)Cc1cccc2ccccc12.CNCc1cccc2ccccc12.Cl/C=C/CCl. The first-order valence-corrected chi connectivity index (χ1v) is 22.7. The zero-order chi connectivity index (χ0) is 46.5. The standard InChI is InChI=1S/C21H25N.C15H16ClN.C12H13N.C6H10.C3H4Cl2/c1-21(2,3)15-8-5-9-16-22(4)17-19-13-10-12-18-11-6-7-14-20(18)19;1-17(11-5-10-16)12-14-8-4-7-13-6-2-3-9-15(13)14;1-13-9-11-7-4-6-10-5-2-3-8-12(10)11;1-5-6(2,3)4;4-2-1-3-5/h5-7,9-14H,16-17H2,1-4H3;2-10H,11-12H2,1H3;2-8,13H,9H2,1H3;1H,2-4H3;1-2H,3H2/b9-5+;10-5+;;;2-1+. The maximum atomic E-state index is 5.54. The Morgan fingerprint density at radius 1 is 0.556 bits per heavy atom. The molecule has 0 aliphatic carbocycles. The molecule has 6 aromatic carbocycles. The minimum absolute atomic E-state index is 0.0686. The number of fused-ring (bicyclic) bond motifs is 3. The molecule has 6 rings (SSSR count). The van der Waals surface area contributed by atoms with E-state index < -0.39 is 0 Å². The highest BCUT2D eigenvalue weighted by Crippen LogP contribution is 2.21. The van der Waals surface area contributed by atoms with Crippen LogP contribution in [0.5, 0.6) is 0 Å². The molecule has 0 bridgehead atoms. The van der Waals surface area contributed by atoms with Crippen LogP contribution in [-0.2, 0) is 19.6 Å². The van der Waals surface area contributed by atoms with Crippen LogP contribution in [0.15, 0.2) is 163 Å². The minimum atomic E-state index is 0.0686. The van der Waals surface area contributed by atoms with E-state index in [1.807, 2.05) is 40.0 Å². The molecule has 1 N–H and O–H groups in total. The number of likely N-dealkylation sites (N-methyl/N-ethyl adjacent to an activating group) is 2. The van der Waals surface area contributed by atoms with Crippen molar-refractivity contribution in [2.24, 2.45) is 10.8 Å². The lowest BCUT2D eigenvalue weighted by Crippen LogP contribution is -2.17. The van der Waals surface area contributed by atoms with Gasteiger partial charge in [0.25, 0.3) is 0 Å². The molecular weight excluding hydrogens is 833 g/mol. The van der Waals surface area contributed by atoms with Crippen molar-refractivity contribution in [1.82, 2.24) is 15.1 Å². The molecular formula is C57H68Cl3N3. The van der Waals surface area contributed by atoms with Crippen LogP contribution in [0.1, 0.15) is 58.2 Å². The number of hydrogen-bond acceptors (Lipinski definition) is 3. The highest BCUT2D eigenvalue weighted by molar-refractivity contribution is 6.26. The van der Waals surface area contributed by atoms with Gasteiger partial charge in [0.15, 0.2) is 0 Å². The van der Waals surface area contributed by atoms with Gasteiger partial charge in [-0.2, -0.15) is 0 Å². The Morgan fingerprint density at radius 2 is 0.937 bits per heavy atom. The summed E-state index contributed by atoms with van der Waals surface area (Å²) in [6.07, 6.45) is 12.8. The van der Waals surface area contributed by atoms with Gasteiger partial charge in [0, 0.05) is 60.5 Å². The van der Waals surface area contributed by atoms with Crippen LogP contribution in [-0.4, -0.2) is 49.9 Å². The van der Waals surface area contributed by atoms with Crippen LogP contribution in [0.4, 0.5) is 0 Å². The molecule has 0 heterocycles. The second kappa shape index (κ2) is 30.3. The lowest BCUT2D eigenvalue weighted by Gasteiger charge is -2.15. The fourth-order valence-corrected chi connectivity index (χ4v) is 6.36. The fourth-order valence-electron chi connectivity index (χ4n) is 6.01.